The van der Waals surface area contributed by atoms with Gasteiger partial charge < -0.3 is 15.0 Å². The number of nitrogens with zero attached hydrogens (tertiary/aromatic N) is 2. The molecule has 1 aliphatic heterocycles. The molecule has 1 amide bonds. The Balaban J connectivity index is 1.83. The number of rotatable bonds is 9. The highest BCUT2D eigenvalue weighted by atomic mass is 32.2. The van der Waals surface area contributed by atoms with Crippen LogP contribution in [0.15, 0.2) is 41.3 Å². The van der Waals surface area contributed by atoms with Crippen LogP contribution in [-0.2, 0) is 19.6 Å². The van der Waals surface area contributed by atoms with E-state index in [0.717, 1.165) is 25.9 Å². The molecule has 184 valence electrons. The Bertz CT molecular complexity index is 1160. The standard InChI is InChI=1S/C24H30FN3O5S/c1-4-28(5-2)34(31,32)19-10-11-22(27-12-6-7-13-27)20(15-19)24(30)33-16-23(29)26-21-14-18(25)9-8-17(21)3/h8-11,14-15H,4-7,12-13,16H2,1-3H3,(H,26,29). The Hall–Kier alpha value is -2.98. The second-order valence-electron chi connectivity index (χ2n) is 8.05. The summed E-state index contributed by atoms with van der Waals surface area (Å²) in [4.78, 5) is 27.3. The average molecular weight is 492 g/mol. The summed E-state index contributed by atoms with van der Waals surface area (Å²) < 4.78 is 46.0. The molecule has 1 heterocycles. The van der Waals surface area contributed by atoms with Crippen LogP contribution in [0.2, 0.25) is 0 Å². The first-order valence-corrected chi connectivity index (χ1v) is 12.7. The van der Waals surface area contributed by atoms with E-state index in [1.54, 1.807) is 26.8 Å². The molecule has 0 aliphatic carbocycles. The summed E-state index contributed by atoms with van der Waals surface area (Å²) in [5.41, 5.74) is 1.60. The van der Waals surface area contributed by atoms with E-state index < -0.39 is 34.3 Å². The first-order valence-electron chi connectivity index (χ1n) is 11.3. The molecule has 1 fully saturated rings. The molecule has 0 atom stereocenters. The van der Waals surface area contributed by atoms with Gasteiger partial charge in [0.25, 0.3) is 5.91 Å². The summed E-state index contributed by atoms with van der Waals surface area (Å²) in [6.45, 7) is 6.68. The van der Waals surface area contributed by atoms with Crippen molar-refractivity contribution in [3.8, 4) is 0 Å². The monoisotopic (exact) mass is 491 g/mol. The van der Waals surface area contributed by atoms with Crippen molar-refractivity contribution in [2.24, 2.45) is 0 Å². The molecule has 0 saturated carbocycles. The lowest BCUT2D eigenvalue weighted by atomic mass is 10.1. The van der Waals surface area contributed by atoms with Crippen molar-refractivity contribution < 1.29 is 27.1 Å². The van der Waals surface area contributed by atoms with Gasteiger partial charge in [0, 0.05) is 31.9 Å². The van der Waals surface area contributed by atoms with Crippen LogP contribution in [0.5, 0.6) is 0 Å². The Morgan fingerprint density at radius 3 is 2.41 bits per heavy atom. The van der Waals surface area contributed by atoms with Gasteiger partial charge in [0.15, 0.2) is 6.61 Å². The SMILES string of the molecule is CCN(CC)S(=O)(=O)c1ccc(N2CCCC2)c(C(=O)OCC(=O)Nc2cc(F)ccc2C)c1. The quantitative estimate of drug-likeness (QED) is 0.539. The third-order valence-electron chi connectivity index (χ3n) is 5.79. The van der Waals surface area contributed by atoms with E-state index in [0.29, 0.717) is 24.3 Å². The van der Waals surface area contributed by atoms with Gasteiger partial charge in [-0.1, -0.05) is 19.9 Å². The zero-order valence-corrected chi connectivity index (χ0v) is 20.5. The minimum atomic E-state index is -3.79. The number of benzene rings is 2. The molecule has 0 bridgehead atoms. The van der Waals surface area contributed by atoms with Gasteiger partial charge in [-0.2, -0.15) is 4.31 Å². The van der Waals surface area contributed by atoms with Crippen LogP contribution >= 0.6 is 0 Å². The molecule has 3 rings (SSSR count). The lowest BCUT2D eigenvalue weighted by Gasteiger charge is -2.23. The highest BCUT2D eigenvalue weighted by molar-refractivity contribution is 7.89. The largest absolute Gasteiger partial charge is 0.452 e. The minimum Gasteiger partial charge on any atom is -0.452 e. The van der Waals surface area contributed by atoms with Crippen molar-refractivity contribution in [3.63, 3.8) is 0 Å². The first kappa shape index (κ1) is 25.6. The number of nitrogens with one attached hydrogen (secondary N) is 1. The number of amides is 1. The van der Waals surface area contributed by atoms with E-state index >= 15 is 0 Å². The predicted molar refractivity (Wildman–Crippen MR) is 128 cm³/mol. The van der Waals surface area contributed by atoms with Crippen LogP contribution in [0.4, 0.5) is 15.8 Å². The number of hydrogen-bond acceptors (Lipinski definition) is 6. The number of halogens is 1. The van der Waals surface area contributed by atoms with E-state index in [2.05, 4.69) is 5.32 Å². The average Bonchev–Trinajstić information content (AvgIpc) is 3.35. The molecular formula is C24H30FN3O5S. The number of ether oxygens (including phenoxy) is 1. The number of aryl methyl sites for hydroxylation is 1. The van der Waals surface area contributed by atoms with Gasteiger partial charge in [-0.15, -0.1) is 0 Å². The lowest BCUT2D eigenvalue weighted by Crippen LogP contribution is -2.31. The van der Waals surface area contributed by atoms with Crippen molar-refractivity contribution in [2.75, 3.05) is 43.0 Å². The summed E-state index contributed by atoms with van der Waals surface area (Å²) >= 11 is 0. The van der Waals surface area contributed by atoms with Crippen molar-refractivity contribution in [3.05, 3.63) is 53.3 Å². The van der Waals surface area contributed by atoms with Gasteiger partial charge in [0.1, 0.15) is 5.82 Å². The molecular weight excluding hydrogens is 461 g/mol. The summed E-state index contributed by atoms with van der Waals surface area (Å²) in [6, 6.07) is 8.43. The van der Waals surface area contributed by atoms with Crippen LogP contribution in [0.25, 0.3) is 0 Å². The van der Waals surface area contributed by atoms with Gasteiger partial charge in [-0.25, -0.2) is 17.6 Å². The van der Waals surface area contributed by atoms with E-state index in [1.165, 1.54) is 34.6 Å². The maximum Gasteiger partial charge on any atom is 0.340 e. The van der Waals surface area contributed by atoms with Gasteiger partial charge in [0.05, 0.1) is 16.1 Å². The Morgan fingerprint density at radius 2 is 1.76 bits per heavy atom. The first-order chi connectivity index (χ1) is 16.2. The smallest absolute Gasteiger partial charge is 0.340 e. The molecule has 0 radical (unpaired) electrons. The van der Waals surface area contributed by atoms with Crippen LogP contribution in [0, 0.1) is 12.7 Å². The Kier molecular flexibility index (Phi) is 8.27. The number of anilines is 2. The molecule has 1 aliphatic rings. The fourth-order valence-corrected chi connectivity index (χ4v) is 5.39. The highest BCUT2D eigenvalue weighted by Gasteiger charge is 2.27. The molecule has 1 N–H and O–H groups in total. The predicted octanol–water partition coefficient (Wildman–Crippen LogP) is 3.56. The van der Waals surface area contributed by atoms with Crippen LogP contribution in [0.1, 0.15) is 42.6 Å². The van der Waals surface area contributed by atoms with Gasteiger partial charge in [-0.05, 0) is 55.7 Å². The second-order valence-corrected chi connectivity index (χ2v) is 9.98. The number of esters is 1. The third kappa shape index (κ3) is 5.74. The van der Waals surface area contributed by atoms with Crippen molar-refractivity contribution >= 4 is 33.3 Å². The zero-order chi connectivity index (χ0) is 24.9. The Labute approximate surface area is 199 Å². The van der Waals surface area contributed by atoms with Crippen molar-refractivity contribution in [1.29, 1.82) is 0 Å². The summed E-state index contributed by atoms with van der Waals surface area (Å²) in [6.07, 6.45) is 1.92. The minimum absolute atomic E-state index is 0.00839. The zero-order valence-electron chi connectivity index (χ0n) is 19.6. The number of sulfonamides is 1. The van der Waals surface area contributed by atoms with Gasteiger partial charge >= 0.3 is 5.97 Å². The molecule has 34 heavy (non-hydrogen) atoms. The lowest BCUT2D eigenvalue weighted by molar-refractivity contribution is -0.119. The van der Waals surface area contributed by atoms with E-state index in [-0.39, 0.29) is 16.1 Å². The second kappa shape index (κ2) is 11.0. The van der Waals surface area contributed by atoms with Crippen molar-refractivity contribution in [2.45, 2.75) is 38.5 Å². The summed E-state index contributed by atoms with van der Waals surface area (Å²) in [5, 5.41) is 2.52. The molecule has 2 aromatic rings. The number of hydrogen-bond donors (Lipinski definition) is 1. The summed E-state index contributed by atoms with van der Waals surface area (Å²) in [7, 11) is -3.79. The molecule has 0 spiro atoms. The maximum absolute atomic E-state index is 13.5. The fourth-order valence-electron chi connectivity index (χ4n) is 3.91. The molecule has 0 unspecified atom stereocenters. The normalized spacial score (nSPS) is 13.9. The van der Waals surface area contributed by atoms with E-state index in [1.807, 2.05) is 4.90 Å². The molecule has 0 aromatic heterocycles. The van der Waals surface area contributed by atoms with E-state index in [4.69, 9.17) is 4.74 Å². The molecule has 1 saturated heterocycles. The molecule has 8 nitrogen and oxygen atoms in total. The Morgan fingerprint density at radius 1 is 1.09 bits per heavy atom. The van der Waals surface area contributed by atoms with Gasteiger partial charge in [0.2, 0.25) is 10.0 Å². The fraction of sp³-hybridized carbons (Fsp3) is 0.417. The topological polar surface area (TPSA) is 96.0 Å². The maximum atomic E-state index is 13.5. The van der Waals surface area contributed by atoms with E-state index in [9.17, 15) is 22.4 Å². The van der Waals surface area contributed by atoms with Crippen LogP contribution < -0.4 is 10.2 Å². The van der Waals surface area contributed by atoms with Crippen LogP contribution in [0.3, 0.4) is 0 Å². The van der Waals surface area contributed by atoms with Crippen LogP contribution in [-0.4, -0.2) is 57.4 Å². The van der Waals surface area contributed by atoms with Gasteiger partial charge in [-0.3, -0.25) is 4.79 Å². The molecule has 2 aromatic carbocycles. The van der Waals surface area contributed by atoms with Crippen molar-refractivity contribution in [1.82, 2.24) is 4.31 Å². The number of carbonyl (C=O) groups excluding carboxylic acids is 2. The highest BCUT2D eigenvalue weighted by Crippen LogP contribution is 2.29. The molecule has 10 heteroatoms. The third-order valence-corrected chi connectivity index (χ3v) is 7.83. The number of carbonyl (C=O) groups is 2. The summed E-state index contributed by atoms with van der Waals surface area (Å²) in [5.74, 6) is -1.93.